The quantitative estimate of drug-likeness (QED) is 0.666. The normalized spacial score (nSPS) is 10.7. The topological polar surface area (TPSA) is 69.3 Å². The van der Waals surface area contributed by atoms with Crippen LogP contribution in [-0.4, -0.2) is 47.8 Å². The Morgan fingerprint density at radius 2 is 2.00 bits per heavy atom. The molecular formula is C20H22N4O2. The van der Waals surface area contributed by atoms with Gasteiger partial charge in [-0.05, 0) is 36.6 Å². The van der Waals surface area contributed by atoms with Gasteiger partial charge in [-0.2, -0.15) is 0 Å². The molecule has 134 valence electrons. The number of rotatable bonds is 7. The Labute approximate surface area is 152 Å². The van der Waals surface area contributed by atoms with Crippen LogP contribution < -0.4 is 4.90 Å². The van der Waals surface area contributed by atoms with E-state index >= 15 is 0 Å². The predicted octanol–water partition coefficient (Wildman–Crippen LogP) is 2.86. The highest BCUT2D eigenvalue weighted by Crippen LogP contribution is 2.20. The number of anilines is 1. The van der Waals surface area contributed by atoms with Crippen LogP contribution >= 0.6 is 0 Å². The molecule has 0 bridgehead atoms. The second-order valence-electron chi connectivity index (χ2n) is 6.28. The fourth-order valence-electron chi connectivity index (χ4n) is 3.05. The zero-order chi connectivity index (χ0) is 18.5. The van der Waals surface area contributed by atoms with Gasteiger partial charge < -0.3 is 14.8 Å². The molecule has 0 saturated heterocycles. The summed E-state index contributed by atoms with van der Waals surface area (Å²) >= 11 is 0. The number of carbonyl (C=O) groups is 2. The summed E-state index contributed by atoms with van der Waals surface area (Å²) in [4.78, 5) is 34.2. The Morgan fingerprint density at radius 1 is 1.19 bits per heavy atom. The molecule has 1 aromatic carbocycles. The Kier molecular flexibility index (Phi) is 5.31. The van der Waals surface area contributed by atoms with E-state index in [4.69, 9.17) is 0 Å². The summed E-state index contributed by atoms with van der Waals surface area (Å²) in [6.07, 6.45) is 5.99. The van der Waals surface area contributed by atoms with Crippen molar-refractivity contribution in [2.45, 2.75) is 12.8 Å². The molecule has 26 heavy (non-hydrogen) atoms. The second-order valence-corrected chi connectivity index (χ2v) is 6.28. The van der Waals surface area contributed by atoms with Crippen molar-refractivity contribution in [3.8, 4) is 0 Å². The van der Waals surface area contributed by atoms with Crippen molar-refractivity contribution in [3.63, 3.8) is 0 Å². The average molecular weight is 350 g/mol. The lowest BCUT2D eigenvalue weighted by Gasteiger charge is -2.20. The fourth-order valence-corrected chi connectivity index (χ4v) is 3.05. The minimum absolute atomic E-state index is 0.138. The fraction of sp³-hybridized carbons (Fsp3) is 0.250. The van der Waals surface area contributed by atoms with Gasteiger partial charge in [0, 0.05) is 43.9 Å². The summed E-state index contributed by atoms with van der Waals surface area (Å²) in [6.45, 7) is 0.622. The Bertz CT molecular complexity index is 919. The summed E-state index contributed by atoms with van der Waals surface area (Å²) in [5.41, 5.74) is 2.81. The number of H-pyrrole nitrogens is 1. The molecule has 6 heteroatoms. The van der Waals surface area contributed by atoms with Crippen LogP contribution in [0.15, 0.2) is 48.8 Å². The molecule has 0 radical (unpaired) electrons. The van der Waals surface area contributed by atoms with Crippen LogP contribution in [0.25, 0.3) is 10.9 Å². The highest BCUT2D eigenvalue weighted by atomic mass is 16.2. The van der Waals surface area contributed by atoms with Gasteiger partial charge in [0.1, 0.15) is 5.82 Å². The predicted molar refractivity (Wildman–Crippen MR) is 102 cm³/mol. The number of amides is 2. The Balaban J connectivity index is 1.64. The van der Waals surface area contributed by atoms with Crippen molar-refractivity contribution in [3.05, 3.63) is 59.9 Å². The van der Waals surface area contributed by atoms with Crippen LogP contribution in [0.1, 0.15) is 22.3 Å². The number of nitrogens with zero attached hydrogens (tertiary/aromatic N) is 3. The molecule has 0 aliphatic carbocycles. The molecule has 2 heterocycles. The summed E-state index contributed by atoms with van der Waals surface area (Å²) in [6, 6.07) is 11.6. The van der Waals surface area contributed by atoms with Gasteiger partial charge in [0.05, 0.1) is 5.56 Å². The molecule has 1 N–H and O–H groups in total. The number of benzene rings is 1. The van der Waals surface area contributed by atoms with Gasteiger partial charge in [-0.1, -0.05) is 18.2 Å². The molecule has 3 aromatic rings. The van der Waals surface area contributed by atoms with Gasteiger partial charge in [0.15, 0.2) is 0 Å². The minimum atomic E-state index is -0.138. The van der Waals surface area contributed by atoms with Gasteiger partial charge in [0.2, 0.25) is 6.41 Å². The Hall–Kier alpha value is -3.15. The van der Waals surface area contributed by atoms with Crippen molar-refractivity contribution in [1.29, 1.82) is 0 Å². The van der Waals surface area contributed by atoms with E-state index in [2.05, 4.69) is 22.1 Å². The number of aryl methyl sites for hydroxylation is 1. The van der Waals surface area contributed by atoms with Gasteiger partial charge in [-0.3, -0.25) is 9.59 Å². The maximum atomic E-state index is 12.7. The first-order valence-corrected chi connectivity index (χ1v) is 8.55. The molecule has 6 nitrogen and oxygen atoms in total. The third kappa shape index (κ3) is 3.59. The summed E-state index contributed by atoms with van der Waals surface area (Å²) < 4.78 is 0. The molecule has 0 spiro atoms. The van der Waals surface area contributed by atoms with Crippen LogP contribution in [0.2, 0.25) is 0 Å². The van der Waals surface area contributed by atoms with Crippen LogP contribution in [0, 0.1) is 0 Å². The lowest BCUT2D eigenvalue weighted by Crippen LogP contribution is -2.30. The third-order valence-electron chi connectivity index (χ3n) is 4.47. The number of aromatic amines is 1. The first-order valence-electron chi connectivity index (χ1n) is 8.55. The van der Waals surface area contributed by atoms with Crippen molar-refractivity contribution < 1.29 is 9.59 Å². The van der Waals surface area contributed by atoms with Crippen LogP contribution in [0.3, 0.4) is 0 Å². The zero-order valence-electron chi connectivity index (χ0n) is 15.0. The van der Waals surface area contributed by atoms with Gasteiger partial charge in [-0.15, -0.1) is 0 Å². The highest BCUT2D eigenvalue weighted by Gasteiger charge is 2.18. The summed E-state index contributed by atoms with van der Waals surface area (Å²) in [5.74, 6) is 0.233. The van der Waals surface area contributed by atoms with Crippen LogP contribution in [0.4, 0.5) is 5.82 Å². The number of carbonyl (C=O) groups excluding carboxylic acids is 2. The number of fused-ring (bicyclic) bond motifs is 1. The van der Waals surface area contributed by atoms with E-state index in [1.165, 1.54) is 15.8 Å². The lowest BCUT2D eigenvalue weighted by atomic mass is 10.1. The van der Waals surface area contributed by atoms with Gasteiger partial charge in [-0.25, -0.2) is 4.98 Å². The van der Waals surface area contributed by atoms with E-state index in [0.29, 0.717) is 24.3 Å². The summed E-state index contributed by atoms with van der Waals surface area (Å²) in [5, 5.41) is 1.23. The first kappa shape index (κ1) is 17.7. The number of hydrogen-bond acceptors (Lipinski definition) is 3. The molecule has 0 fully saturated rings. The van der Waals surface area contributed by atoms with E-state index in [0.717, 1.165) is 18.4 Å². The zero-order valence-corrected chi connectivity index (χ0v) is 15.0. The Morgan fingerprint density at radius 3 is 2.81 bits per heavy atom. The minimum Gasteiger partial charge on any atom is -0.361 e. The van der Waals surface area contributed by atoms with Crippen molar-refractivity contribution in [1.82, 2.24) is 14.9 Å². The molecule has 0 aliphatic rings. The SMILES string of the molecule is CN(CCCc1c[nH]c2ccccc12)C(=O)c1cccnc1N(C)C=O. The standard InChI is InChI=1S/C20H22N4O2/c1-23(20(26)17-9-5-11-21-19(17)24(2)14-25)12-6-7-15-13-22-18-10-4-3-8-16(15)18/h3-5,8-11,13-14,22H,6-7,12H2,1-2H3. The van der Waals surface area contributed by atoms with E-state index in [1.807, 2.05) is 18.3 Å². The van der Waals surface area contributed by atoms with Crippen LogP contribution in [-0.2, 0) is 11.2 Å². The van der Waals surface area contributed by atoms with Crippen molar-refractivity contribution >= 4 is 29.0 Å². The number of pyridine rings is 1. The van der Waals surface area contributed by atoms with Gasteiger partial charge >= 0.3 is 0 Å². The molecular weight excluding hydrogens is 328 g/mol. The van der Waals surface area contributed by atoms with Crippen LogP contribution in [0.5, 0.6) is 0 Å². The molecule has 0 unspecified atom stereocenters. The van der Waals surface area contributed by atoms with Crippen molar-refractivity contribution in [2.24, 2.45) is 0 Å². The molecule has 2 aromatic heterocycles. The number of para-hydroxylation sites is 1. The van der Waals surface area contributed by atoms with E-state index in [-0.39, 0.29) is 5.91 Å². The molecule has 3 rings (SSSR count). The second kappa shape index (κ2) is 7.82. The number of nitrogens with one attached hydrogen (secondary N) is 1. The maximum Gasteiger partial charge on any atom is 0.257 e. The number of aromatic nitrogens is 2. The molecule has 0 saturated carbocycles. The van der Waals surface area contributed by atoms with E-state index in [9.17, 15) is 9.59 Å². The van der Waals surface area contributed by atoms with Crippen molar-refractivity contribution in [2.75, 3.05) is 25.5 Å². The summed E-state index contributed by atoms with van der Waals surface area (Å²) in [7, 11) is 3.36. The number of hydrogen-bond donors (Lipinski definition) is 1. The van der Waals surface area contributed by atoms with E-state index in [1.54, 1.807) is 37.3 Å². The first-order chi connectivity index (χ1) is 12.6. The molecule has 0 aliphatic heterocycles. The largest absolute Gasteiger partial charge is 0.361 e. The smallest absolute Gasteiger partial charge is 0.257 e. The average Bonchev–Trinajstić information content (AvgIpc) is 3.10. The maximum absolute atomic E-state index is 12.7. The van der Waals surface area contributed by atoms with E-state index < -0.39 is 0 Å². The highest BCUT2D eigenvalue weighted by molar-refractivity contribution is 6.00. The van der Waals surface area contributed by atoms with Gasteiger partial charge in [0.25, 0.3) is 5.91 Å². The monoisotopic (exact) mass is 350 g/mol. The lowest BCUT2D eigenvalue weighted by molar-refractivity contribution is -0.107. The molecule has 2 amide bonds. The third-order valence-corrected chi connectivity index (χ3v) is 4.47. The molecule has 0 atom stereocenters.